The van der Waals surface area contributed by atoms with Crippen LogP contribution in [-0.4, -0.2) is 55.2 Å². The molecule has 0 radical (unpaired) electrons. The first kappa shape index (κ1) is 10.6. The van der Waals surface area contributed by atoms with E-state index in [1.54, 1.807) is 0 Å². The van der Waals surface area contributed by atoms with Crippen LogP contribution in [0.25, 0.3) is 0 Å². The van der Waals surface area contributed by atoms with E-state index in [0.29, 0.717) is 13.2 Å². The van der Waals surface area contributed by atoms with Crippen LogP contribution in [0.5, 0.6) is 0 Å². The Hall–Kier alpha value is -0.450. The number of nitrogens with zero attached hydrogens (tertiary/aromatic N) is 1. The number of hydrogen-bond donors (Lipinski definition) is 1. The lowest BCUT2D eigenvalue weighted by molar-refractivity contribution is -0.109. The maximum Gasteiger partial charge on any atom is 0.133 e. The van der Waals surface area contributed by atoms with Crippen molar-refractivity contribution in [3.05, 3.63) is 0 Å². The van der Waals surface area contributed by atoms with Crippen LogP contribution < -0.4 is 0 Å². The molecule has 1 aliphatic rings. The Balaban J connectivity index is 2.11. The number of aliphatic hydroxyl groups is 1. The minimum absolute atomic E-state index is 0.0918. The average Bonchev–Trinajstić information content (AvgIpc) is 2.17. The van der Waals surface area contributed by atoms with Gasteiger partial charge in [-0.1, -0.05) is 0 Å². The molecule has 4 nitrogen and oxygen atoms in total. The summed E-state index contributed by atoms with van der Waals surface area (Å²) in [5.41, 5.74) is 0. The zero-order valence-corrected chi connectivity index (χ0v) is 7.82. The van der Waals surface area contributed by atoms with E-state index in [1.165, 1.54) is 0 Å². The van der Waals surface area contributed by atoms with Crippen molar-refractivity contribution in [3.63, 3.8) is 0 Å². The molecule has 0 aromatic carbocycles. The van der Waals surface area contributed by atoms with Crippen LogP contribution in [0.3, 0.4) is 0 Å². The van der Waals surface area contributed by atoms with Crippen molar-refractivity contribution in [1.29, 1.82) is 0 Å². The quantitative estimate of drug-likeness (QED) is 0.598. The zero-order valence-electron chi connectivity index (χ0n) is 7.82. The van der Waals surface area contributed by atoms with Gasteiger partial charge in [0.15, 0.2) is 0 Å². The van der Waals surface area contributed by atoms with Gasteiger partial charge in [-0.2, -0.15) is 0 Å². The third kappa shape index (κ3) is 3.85. The van der Waals surface area contributed by atoms with Crippen LogP contribution >= 0.6 is 0 Å². The fourth-order valence-electron chi connectivity index (χ4n) is 1.58. The molecule has 0 aromatic heterocycles. The first-order chi connectivity index (χ1) is 6.36. The lowest BCUT2D eigenvalue weighted by atomic mass is 10.1. The second-order valence-corrected chi connectivity index (χ2v) is 3.26. The van der Waals surface area contributed by atoms with Crippen molar-refractivity contribution in [2.75, 3.05) is 32.8 Å². The van der Waals surface area contributed by atoms with E-state index < -0.39 is 0 Å². The molecule has 0 aliphatic carbocycles. The Morgan fingerprint density at radius 3 is 2.69 bits per heavy atom. The minimum Gasteiger partial charge on any atom is -0.394 e. The number of aliphatic hydroxyl groups excluding tert-OH is 1. The number of carbonyl (C=O) groups is 1. The minimum atomic E-state index is 0.0918. The molecule has 1 rings (SSSR count). The number of aldehydes is 1. The molecule has 1 aliphatic heterocycles. The summed E-state index contributed by atoms with van der Waals surface area (Å²) in [6.45, 7) is 2.91. The molecule has 1 heterocycles. The van der Waals surface area contributed by atoms with Gasteiger partial charge in [-0.3, -0.25) is 4.90 Å². The molecule has 1 N–H and O–H groups in total. The first-order valence-corrected chi connectivity index (χ1v) is 4.75. The van der Waals surface area contributed by atoms with E-state index in [1.807, 2.05) is 0 Å². The Bertz CT molecular complexity index is 144. The molecule has 76 valence electrons. The molecule has 0 unspecified atom stereocenters. The largest absolute Gasteiger partial charge is 0.394 e. The van der Waals surface area contributed by atoms with Crippen molar-refractivity contribution in [1.82, 2.24) is 4.90 Å². The highest BCUT2D eigenvalue weighted by Crippen LogP contribution is 2.12. The Morgan fingerprint density at radius 1 is 1.46 bits per heavy atom. The number of carbonyl (C=O) groups excluding carboxylic acids is 1. The average molecular weight is 187 g/mol. The highest BCUT2D eigenvalue weighted by atomic mass is 16.5. The standard InChI is InChI=1S/C9H17NO3/c11-6-5-10-3-1-9(2-4-10)13-8-7-12/h6,9,12H,1-5,7-8H2. The summed E-state index contributed by atoms with van der Waals surface area (Å²) in [6.07, 6.45) is 3.14. The fraction of sp³-hybridized carbons (Fsp3) is 0.889. The summed E-state index contributed by atoms with van der Waals surface area (Å²) in [7, 11) is 0. The monoisotopic (exact) mass is 187 g/mol. The number of likely N-dealkylation sites (tertiary alicyclic amines) is 1. The van der Waals surface area contributed by atoms with E-state index in [0.717, 1.165) is 32.2 Å². The highest BCUT2D eigenvalue weighted by Gasteiger charge is 2.18. The predicted molar refractivity (Wildman–Crippen MR) is 48.6 cm³/mol. The Labute approximate surface area is 78.5 Å². The van der Waals surface area contributed by atoms with Gasteiger partial charge >= 0.3 is 0 Å². The fourth-order valence-corrected chi connectivity index (χ4v) is 1.58. The van der Waals surface area contributed by atoms with Gasteiger partial charge in [0.25, 0.3) is 0 Å². The van der Waals surface area contributed by atoms with E-state index in [9.17, 15) is 4.79 Å². The molecule has 1 saturated heterocycles. The Kier molecular flexibility index (Phi) is 4.97. The maximum atomic E-state index is 10.2. The van der Waals surface area contributed by atoms with Crippen molar-refractivity contribution >= 4 is 6.29 Å². The molecule has 0 atom stereocenters. The Morgan fingerprint density at radius 2 is 2.15 bits per heavy atom. The van der Waals surface area contributed by atoms with Crippen molar-refractivity contribution in [3.8, 4) is 0 Å². The molecule has 4 heteroatoms. The van der Waals surface area contributed by atoms with Gasteiger partial charge in [0.1, 0.15) is 6.29 Å². The van der Waals surface area contributed by atoms with Gasteiger partial charge in [0.2, 0.25) is 0 Å². The molecule has 0 bridgehead atoms. The normalized spacial score (nSPS) is 20.4. The van der Waals surface area contributed by atoms with Crippen LogP contribution in [0, 0.1) is 0 Å². The summed E-state index contributed by atoms with van der Waals surface area (Å²) in [5, 5.41) is 8.55. The summed E-state index contributed by atoms with van der Waals surface area (Å²) in [4.78, 5) is 12.3. The number of ether oxygens (including phenoxy) is 1. The maximum absolute atomic E-state index is 10.2. The van der Waals surface area contributed by atoms with E-state index in [4.69, 9.17) is 9.84 Å². The summed E-state index contributed by atoms with van der Waals surface area (Å²) >= 11 is 0. The van der Waals surface area contributed by atoms with Gasteiger partial charge in [0.05, 0.1) is 25.9 Å². The summed E-state index contributed by atoms with van der Waals surface area (Å²) < 4.78 is 5.39. The molecule has 0 saturated carbocycles. The second-order valence-electron chi connectivity index (χ2n) is 3.26. The number of piperidine rings is 1. The lowest BCUT2D eigenvalue weighted by Crippen LogP contribution is -2.38. The molecule has 0 aromatic rings. The third-order valence-electron chi connectivity index (χ3n) is 2.31. The van der Waals surface area contributed by atoms with Gasteiger partial charge < -0.3 is 14.6 Å². The molecule has 13 heavy (non-hydrogen) atoms. The van der Waals surface area contributed by atoms with Gasteiger partial charge in [-0.25, -0.2) is 0 Å². The van der Waals surface area contributed by atoms with Crippen molar-refractivity contribution in [2.45, 2.75) is 18.9 Å². The predicted octanol–water partition coefficient (Wildman–Crippen LogP) is -0.341. The lowest BCUT2D eigenvalue weighted by Gasteiger charge is -2.30. The molecular weight excluding hydrogens is 170 g/mol. The van der Waals surface area contributed by atoms with E-state index >= 15 is 0 Å². The van der Waals surface area contributed by atoms with Crippen LogP contribution in [0.15, 0.2) is 0 Å². The molecule has 0 amide bonds. The van der Waals surface area contributed by atoms with Crippen LogP contribution in [-0.2, 0) is 9.53 Å². The topological polar surface area (TPSA) is 49.8 Å². The smallest absolute Gasteiger partial charge is 0.133 e. The SMILES string of the molecule is O=CCN1CCC(OCCO)CC1. The van der Waals surface area contributed by atoms with Crippen LogP contribution in [0.1, 0.15) is 12.8 Å². The first-order valence-electron chi connectivity index (χ1n) is 4.75. The summed E-state index contributed by atoms with van der Waals surface area (Å²) in [5.74, 6) is 0. The molecular formula is C9H17NO3. The van der Waals surface area contributed by atoms with Crippen LogP contribution in [0.4, 0.5) is 0 Å². The number of rotatable bonds is 5. The van der Waals surface area contributed by atoms with E-state index in [2.05, 4.69) is 4.90 Å². The van der Waals surface area contributed by atoms with Crippen molar-refractivity contribution < 1.29 is 14.6 Å². The van der Waals surface area contributed by atoms with Gasteiger partial charge in [0, 0.05) is 13.1 Å². The molecule has 1 fully saturated rings. The second kappa shape index (κ2) is 6.07. The highest BCUT2D eigenvalue weighted by molar-refractivity contribution is 5.51. The van der Waals surface area contributed by atoms with E-state index in [-0.39, 0.29) is 12.7 Å². The van der Waals surface area contributed by atoms with Crippen LogP contribution in [0.2, 0.25) is 0 Å². The zero-order chi connectivity index (χ0) is 9.52. The van der Waals surface area contributed by atoms with Gasteiger partial charge in [-0.05, 0) is 12.8 Å². The van der Waals surface area contributed by atoms with Gasteiger partial charge in [-0.15, -0.1) is 0 Å². The summed E-state index contributed by atoms with van der Waals surface area (Å²) in [6, 6.07) is 0. The van der Waals surface area contributed by atoms with Crippen molar-refractivity contribution in [2.24, 2.45) is 0 Å². The number of hydrogen-bond acceptors (Lipinski definition) is 4. The molecule has 0 spiro atoms. The third-order valence-corrected chi connectivity index (χ3v) is 2.31.